The molecule has 152 valence electrons. The summed E-state index contributed by atoms with van der Waals surface area (Å²) >= 11 is 7.47. The van der Waals surface area contributed by atoms with E-state index in [0.29, 0.717) is 33.4 Å². The molecule has 9 heteroatoms. The van der Waals surface area contributed by atoms with Gasteiger partial charge in [0, 0.05) is 16.0 Å². The van der Waals surface area contributed by atoms with Crippen molar-refractivity contribution in [2.45, 2.75) is 19.4 Å². The normalized spacial score (nSPS) is 11.9. The number of fused-ring (bicyclic) bond motifs is 1. The number of para-hydroxylation sites is 1. The lowest BCUT2D eigenvalue weighted by molar-refractivity contribution is -0.124. The molecule has 0 saturated carbocycles. The predicted molar refractivity (Wildman–Crippen MR) is 115 cm³/mol. The average molecular weight is 442 g/mol. The number of anilines is 1. The fraction of sp³-hybridized carbons (Fsp3) is 0.143. The van der Waals surface area contributed by atoms with Gasteiger partial charge in [0.25, 0.3) is 5.91 Å². The van der Waals surface area contributed by atoms with E-state index in [0.717, 1.165) is 5.56 Å². The second-order valence-electron chi connectivity index (χ2n) is 6.31. The molecular weight excluding hydrogens is 426 g/mol. The third-order valence-electron chi connectivity index (χ3n) is 4.38. The standard InChI is InChI=1S/C21H16ClN3O4S/c1-2-16(29-20(27)13-7-5-9-17-18(13)23-11-28-17)19(26)25-21-24-15(10-30-21)12-6-3-4-8-14(12)22/h3-11,16H,2H2,1H3,(H,24,25,26). The minimum absolute atomic E-state index is 0.239. The van der Waals surface area contributed by atoms with Crippen molar-refractivity contribution in [3.05, 3.63) is 64.8 Å². The summed E-state index contributed by atoms with van der Waals surface area (Å²) in [6.07, 6.45) is 0.576. The second-order valence-corrected chi connectivity index (χ2v) is 7.58. The molecular formula is C21H16ClN3O4S. The van der Waals surface area contributed by atoms with E-state index in [2.05, 4.69) is 15.3 Å². The van der Waals surface area contributed by atoms with Crippen LogP contribution in [-0.2, 0) is 9.53 Å². The molecule has 4 rings (SSSR count). The molecule has 0 spiro atoms. The van der Waals surface area contributed by atoms with Gasteiger partial charge in [0.15, 0.2) is 23.2 Å². The fourth-order valence-electron chi connectivity index (χ4n) is 2.88. The van der Waals surface area contributed by atoms with Crippen molar-refractivity contribution in [2.75, 3.05) is 5.32 Å². The van der Waals surface area contributed by atoms with Gasteiger partial charge in [-0.2, -0.15) is 0 Å². The first-order chi connectivity index (χ1) is 14.6. The lowest BCUT2D eigenvalue weighted by Gasteiger charge is -2.15. The minimum Gasteiger partial charge on any atom is -0.449 e. The third kappa shape index (κ3) is 4.05. The van der Waals surface area contributed by atoms with Crippen LogP contribution in [0.5, 0.6) is 0 Å². The molecule has 1 atom stereocenters. The van der Waals surface area contributed by atoms with Crippen molar-refractivity contribution in [3.63, 3.8) is 0 Å². The van der Waals surface area contributed by atoms with Crippen molar-refractivity contribution in [3.8, 4) is 11.3 Å². The molecule has 4 aromatic rings. The number of aromatic nitrogens is 2. The fourth-order valence-corrected chi connectivity index (χ4v) is 3.82. The van der Waals surface area contributed by atoms with Crippen LogP contribution >= 0.6 is 22.9 Å². The predicted octanol–water partition coefficient (Wildman–Crippen LogP) is 5.18. The van der Waals surface area contributed by atoms with E-state index in [1.165, 1.54) is 17.7 Å². The summed E-state index contributed by atoms with van der Waals surface area (Å²) in [5.41, 5.74) is 2.53. The Hall–Kier alpha value is -3.23. The molecule has 0 aliphatic rings. The summed E-state index contributed by atoms with van der Waals surface area (Å²) < 4.78 is 10.6. The van der Waals surface area contributed by atoms with Crippen LogP contribution in [0.2, 0.25) is 5.02 Å². The van der Waals surface area contributed by atoms with Crippen molar-refractivity contribution in [2.24, 2.45) is 0 Å². The summed E-state index contributed by atoms with van der Waals surface area (Å²) in [6.45, 7) is 1.76. The van der Waals surface area contributed by atoms with Crippen LogP contribution in [0, 0.1) is 0 Å². The SMILES string of the molecule is CCC(OC(=O)c1cccc2ocnc12)C(=O)Nc1nc(-c2ccccc2Cl)cs1. The van der Waals surface area contributed by atoms with Crippen LogP contribution in [0.15, 0.2) is 58.7 Å². The van der Waals surface area contributed by atoms with E-state index < -0.39 is 18.0 Å². The number of nitrogens with one attached hydrogen (secondary N) is 1. The number of oxazole rings is 1. The van der Waals surface area contributed by atoms with Gasteiger partial charge in [-0.15, -0.1) is 11.3 Å². The Kier molecular flexibility index (Phi) is 5.78. The zero-order valence-corrected chi connectivity index (χ0v) is 17.4. The quantitative estimate of drug-likeness (QED) is 0.414. The van der Waals surface area contributed by atoms with Gasteiger partial charge in [0.2, 0.25) is 0 Å². The van der Waals surface area contributed by atoms with Crippen molar-refractivity contribution in [1.82, 2.24) is 9.97 Å². The maximum absolute atomic E-state index is 12.7. The number of hydrogen-bond acceptors (Lipinski definition) is 7. The maximum Gasteiger partial charge on any atom is 0.341 e. The molecule has 2 heterocycles. The number of carbonyl (C=O) groups excluding carboxylic acids is 2. The highest BCUT2D eigenvalue weighted by Crippen LogP contribution is 2.30. The molecule has 2 aromatic heterocycles. The Morgan fingerprint density at radius 2 is 2.07 bits per heavy atom. The van der Waals surface area contributed by atoms with Gasteiger partial charge in [0.05, 0.1) is 11.3 Å². The lowest BCUT2D eigenvalue weighted by atomic mass is 10.2. The highest BCUT2D eigenvalue weighted by Gasteiger charge is 2.24. The van der Waals surface area contributed by atoms with Gasteiger partial charge in [-0.1, -0.05) is 42.8 Å². The molecule has 0 aliphatic heterocycles. The number of carbonyl (C=O) groups is 2. The van der Waals surface area contributed by atoms with Gasteiger partial charge >= 0.3 is 5.97 Å². The number of esters is 1. The van der Waals surface area contributed by atoms with Crippen LogP contribution < -0.4 is 5.32 Å². The monoisotopic (exact) mass is 441 g/mol. The van der Waals surface area contributed by atoms with Crippen LogP contribution in [0.3, 0.4) is 0 Å². The molecule has 1 unspecified atom stereocenters. The summed E-state index contributed by atoms with van der Waals surface area (Å²) in [6, 6.07) is 12.3. The van der Waals surface area contributed by atoms with Crippen molar-refractivity contribution >= 4 is 51.0 Å². The van der Waals surface area contributed by atoms with E-state index in [1.807, 2.05) is 18.2 Å². The number of benzene rings is 2. The number of halogens is 1. The molecule has 1 amide bonds. The first-order valence-electron chi connectivity index (χ1n) is 9.11. The highest BCUT2D eigenvalue weighted by atomic mass is 35.5. The molecule has 0 aliphatic carbocycles. The summed E-state index contributed by atoms with van der Waals surface area (Å²) in [5, 5.41) is 5.47. The van der Waals surface area contributed by atoms with Crippen LogP contribution in [0.25, 0.3) is 22.4 Å². The summed E-state index contributed by atoms with van der Waals surface area (Å²) in [5.74, 6) is -1.11. The van der Waals surface area contributed by atoms with E-state index in [9.17, 15) is 9.59 Å². The lowest BCUT2D eigenvalue weighted by Crippen LogP contribution is -2.32. The zero-order valence-electron chi connectivity index (χ0n) is 15.8. The number of ether oxygens (including phenoxy) is 1. The Morgan fingerprint density at radius 3 is 2.87 bits per heavy atom. The van der Waals surface area contributed by atoms with Crippen molar-refractivity contribution in [1.29, 1.82) is 0 Å². The molecule has 0 fully saturated rings. The van der Waals surface area contributed by atoms with Crippen LogP contribution in [0.4, 0.5) is 5.13 Å². The van der Waals surface area contributed by atoms with Gasteiger partial charge < -0.3 is 9.15 Å². The Balaban J connectivity index is 1.46. The average Bonchev–Trinajstić information content (AvgIpc) is 3.41. The number of rotatable bonds is 6. The van der Waals surface area contributed by atoms with E-state index >= 15 is 0 Å². The molecule has 30 heavy (non-hydrogen) atoms. The minimum atomic E-state index is -0.979. The molecule has 0 saturated heterocycles. The molecule has 1 N–H and O–H groups in total. The number of amides is 1. The molecule has 0 bridgehead atoms. The zero-order chi connectivity index (χ0) is 21.1. The Labute approximate surface area is 180 Å². The van der Waals surface area contributed by atoms with Gasteiger partial charge in [0.1, 0.15) is 5.52 Å². The number of thiazole rings is 1. The molecule has 2 aromatic carbocycles. The Morgan fingerprint density at radius 1 is 1.23 bits per heavy atom. The van der Waals surface area contributed by atoms with Crippen molar-refractivity contribution < 1.29 is 18.7 Å². The van der Waals surface area contributed by atoms with E-state index in [-0.39, 0.29) is 5.56 Å². The summed E-state index contributed by atoms with van der Waals surface area (Å²) in [7, 11) is 0. The van der Waals surface area contributed by atoms with Crippen LogP contribution in [-0.4, -0.2) is 27.9 Å². The largest absolute Gasteiger partial charge is 0.449 e. The van der Waals surface area contributed by atoms with Gasteiger partial charge in [-0.25, -0.2) is 14.8 Å². The van der Waals surface area contributed by atoms with E-state index in [4.69, 9.17) is 20.8 Å². The van der Waals surface area contributed by atoms with Crippen LogP contribution in [0.1, 0.15) is 23.7 Å². The Bertz CT molecular complexity index is 1220. The third-order valence-corrected chi connectivity index (χ3v) is 5.46. The summed E-state index contributed by atoms with van der Waals surface area (Å²) in [4.78, 5) is 33.7. The second kappa shape index (κ2) is 8.64. The molecule has 0 radical (unpaired) electrons. The first-order valence-corrected chi connectivity index (χ1v) is 10.4. The van der Waals surface area contributed by atoms with E-state index in [1.54, 1.807) is 36.6 Å². The first kappa shape index (κ1) is 20.1. The smallest absolute Gasteiger partial charge is 0.341 e. The van der Waals surface area contributed by atoms with Gasteiger partial charge in [-0.05, 0) is 24.6 Å². The number of hydrogen-bond donors (Lipinski definition) is 1. The number of nitrogens with zero attached hydrogens (tertiary/aromatic N) is 2. The molecule has 7 nitrogen and oxygen atoms in total. The highest BCUT2D eigenvalue weighted by molar-refractivity contribution is 7.14. The maximum atomic E-state index is 12.7. The topological polar surface area (TPSA) is 94.3 Å². The van der Waals surface area contributed by atoms with Gasteiger partial charge in [-0.3, -0.25) is 10.1 Å².